The minimum absolute atomic E-state index is 0.908. The lowest BCUT2D eigenvalue weighted by molar-refractivity contribution is 0.0375. The third-order valence-corrected chi connectivity index (χ3v) is 3.44. The van der Waals surface area contributed by atoms with Gasteiger partial charge < -0.3 is 4.74 Å². The molecule has 2 heteroatoms. The van der Waals surface area contributed by atoms with Gasteiger partial charge in [-0.3, -0.25) is 4.90 Å². The Morgan fingerprint density at radius 3 is 2.71 bits per heavy atom. The van der Waals surface area contributed by atoms with E-state index in [2.05, 4.69) is 36.1 Å². The van der Waals surface area contributed by atoms with E-state index in [1.807, 2.05) is 0 Å². The molecule has 0 aliphatic carbocycles. The maximum Gasteiger partial charge on any atom is 0.0594 e. The first kappa shape index (κ1) is 12.6. The highest BCUT2D eigenvalue weighted by atomic mass is 16.5. The van der Waals surface area contributed by atoms with E-state index < -0.39 is 0 Å². The van der Waals surface area contributed by atoms with Crippen LogP contribution in [0, 0.1) is 0 Å². The SMILES string of the molecule is CCc1cccc(CCCN2CCOCC2)c1. The van der Waals surface area contributed by atoms with Crippen LogP contribution in [-0.4, -0.2) is 37.7 Å². The van der Waals surface area contributed by atoms with Gasteiger partial charge in [-0.25, -0.2) is 0 Å². The van der Waals surface area contributed by atoms with Crippen molar-refractivity contribution >= 4 is 0 Å². The quantitative estimate of drug-likeness (QED) is 0.775. The van der Waals surface area contributed by atoms with Gasteiger partial charge in [0.15, 0.2) is 0 Å². The van der Waals surface area contributed by atoms with Crippen molar-refractivity contribution < 1.29 is 4.74 Å². The maximum atomic E-state index is 5.35. The van der Waals surface area contributed by atoms with Crippen LogP contribution in [0.15, 0.2) is 24.3 Å². The predicted molar refractivity (Wildman–Crippen MR) is 71.4 cm³/mol. The van der Waals surface area contributed by atoms with Crippen molar-refractivity contribution in [2.45, 2.75) is 26.2 Å². The topological polar surface area (TPSA) is 12.5 Å². The Kier molecular flexibility index (Phi) is 5.02. The summed E-state index contributed by atoms with van der Waals surface area (Å²) in [5.41, 5.74) is 2.94. The van der Waals surface area contributed by atoms with Gasteiger partial charge in [0.05, 0.1) is 13.2 Å². The van der Waals surface area contributed by atoms with E-state index in [0.29, 0.717) is 0 Å². The molecular weight excluding hydrogens is 210 g/mol. The number of morpholine rings is 1. The van der Waals surface area contributed by atoms with Crippen LogP contribution < -0.4 is 0 Å². The molecular formula is C15H23NO. The van der Waals surface area contributed by atoms with E-state index >= 15 is 0 Å². The fourth-order valence-corrected chi connectivity index (χ4v) is 2.34. The van der Waals surface area contributed by atoms with Crippen LogP contribution in [0.4, 0.5) is 0 Å². The van der Waals surface area contributed by atoms with E-state index in [9.17, 15) is 0 Å². The second kappa shape index (κ2) is 6.77. The smallest absolute Gasteiger partial charge is 0.0594 e. The molecule has 0 unspecified atom stereocenters. The average molecular weight is 233 g/mol. The summed E-state index contributed by atoms with van der Waals surface area (Å²) in [6.07, 6.45) is 3.59. The first-order chi connectivity index (χ1) is 8.38. The van der Waals surface area contributed by atoms with E-state index in [4.69, 9.17) is 4.74 Å². The van der Waals surface area contributed by atoms with Gasteiger partial charge >= 0.3 is 0 Å². The fraction of sp³-hybridized carbons (Fsp3) is 0.600. The van der Waals surface area contributed by atoms with Gasteiger partial charge in [0.25, 0.3) is 0 Å². The van der Waals surface area contributed by atoms with Crippen molar-refractivity contribution in [1.29, 1.82) is 0 Å². The summed E-state index contributed by atoms with van der Waals surface area (Å²) in [4.78, 5) is 2.51. The lowest BCUT2D eigenvalue weighted by atomic mass is 10.0. The predicted octanol–water partition coefficient (Wildman–Crippen LogP) is 2.51. The van der Waals surface area contributed by atoms with Gasteiger partial charge in [-0.15, -0.1) is 0 Å². The van der Waals surface area contributed by atoms with Gasteiger partial charge in [0, 0.05) is 13.1 Å². The highest BCUT2D eigenvalue weighted by Gasteiger charge is 2.09. The lowest BCUT2D eigenvalue weighted by Gasteiger charge is -2.26. The lowest BCUT2D eigenvalue weighted by Crippen LogP contribution is -2.36. The Morgan fingerprint density at radius 2 is 1.94 bits per heavy atom. The van der Waals surface area contributed by atoms with E-state index in [0.717, 1.165) is 32.7 Å². The van der Waals surface area contributed by atoms with Gasteiger partial charge in [0.1, 0.15) is 0 Å². The van der Waals surface area contributed by atoms with Gasteiger partial charge in [0.2, 0.25) is 0 Å². The summed E-state index contributed by atoms with van der Waals surface area (Å²) in [5.74, 6) is 0. The number of rotatable bonds is 5. The van der Waals surface area contributed by atoms with E-state index in [1.54, 1.807) is 0 Å². The molecule has 0 bridgehead atoms. The van der Waals surface area contributed by atoms with Crippen LogP contribution in [0.25, 0.3) is 0 Å². The molecule has 1 saturated heterocycles. The molecule has 1 fully saturated rings. The number of nitrogens with zero attached hydrogens (tertiary/aromatic N) is 1. The van der Waals surface area contributed by atoms with E-state index in [1.165, 1.54) is 30.5 Å². The Morgan fingerprint density at radius 1 is 1.18 bits per heavy atom. The molecule has 2 nitrogen and oxygen atoms in total. The van der Waals surface area contributed by atoms with Crippen LogP contribution in [0.5, 0.6) is 0 Å². The van der Waals surface area contributed by atoms with Crippen LogP contribution >= 0.6 is 0 Å². The molecule has 1 aromatic rings. The molecule has 0 saturated carbocycles. The average Bonchev–Trinajstić information content (AvgIpc) is 2.40. The zero-order valence-electron chi connectivity index (χ0n) is 10.8. The van der Waals surface area contributed by atoms with Crippen molar-refractivity contribution in [2.75, 3.05) is 32.8 Å². The minimum Gasteiger partial charge on any atom is -0.379 e. The molecule has 1 heterocycles. The summed E-state index contributed by atoms with van der Waals surface area (Å²) >= 11 is 0. The Balaban J connectivity index is 1.73. The zero-order chi connectivity index (χ0) is 11.9. The Labute approximate surface area is 105 Å². The molecule has 1 aliphatic rings. The first-order valence-electron chi connectivity index (χ1n) is 6.76. The molecule has 17 heavy (non-hydrogen) atoms. The van der Waals surface area contributed by atoms with Crippen molar-refractivity contribution in [1.82, 2.24) is 4.90 Å². The maximum absolute atomic E-state index is 5.35. The van der Waals surface area contributed by atoms with Crippen LogP contribution in [-0.2, 0) is 17.6 Å². The molecule has 0 aromatic heterocycles. The van der Waals surface area contributed by atoms with E-state index in [-0.39, 0.29) is 0 Å². The normalized spacial score (nSPS) is 17.2. The highest BCUT2D eigenvalue weighted by molar-refractivity contribution is 5.23. The number of hydrogen-bond acceptors (Lipinski definition) is 2. The number of aryl methyl sites for hydroxylation is 2. The summed E-state index contributed by atoms with van der Waals surface area (Å²) < 4.78 is 5.35. The molecule has 0 amide bonds. The third kappa shape index (κ3) is 4.14. The molecule has 0 radical (unpaired) electrons. The molecule has 2 rings (SSSR count). The fourth-order valence-electron chi connectivity index (χ4n) is 2.34. The van der Waals surface area contributed by atoms with Crippen LogP contribution in [0.1, 0.15) is 24.5 Å². The summed E-state index contributed by atoms with van der Waals surface area (Å²) in [5, 5.41) is 0. The second-order valence-electron chi connectivity index (χ2n) is 4.73. The van der Waals surface area contributed by atoms with Crippen LogP contribution in [0.3, 0.4) is 0 Å². The molecule has 94 valence electrons. The van der Waals surface area contributed by atoms with Crippen molar-refractivity contribution in [3.63, 3.8) is 0 Å². The van der Waals surface area contributed by atoms with Crippen molar-refractivity contribution in [2.24, 2.45) is 0 Å². The minimum atomic E-state index is 0.908. The first-order valence-corrected chi connectivity index (χ1v) is 6.76. The largest absolute Gasteiger partial charge is 0.379 e. The Hall–Kier alpha value is -0.860. The molecule has 0 N–H and O–H groups in total. The standard InChI is InChI=1S/C15H23NO/c1-2-14-5-3-6-15(13-14)7-4-8-16-9-11-17-12-10-16/h3,5-6,13H,2,4,7-12H2,1H3. The molecule has 1 aromatic carbocycles. The molecule has 1 aliphatic heterocycles. The van der Waals surface area contributed by atoms with Gasteiger partial charge in [-0.2, -0.15) is 0 Å². The monoisotopic (exact) mass is 233 g/mol. The van der Waals surface area contributed by atoms with Crippen molar-refractivity contribution in [3.05, 3.63) is 35.4 Å². The molecule has 0 spiro atoms. The zero-order valence-corrected chi connectivity index (χ0v) is 10.8. The second-order valence-corrected chi connectivity index (χ2v) is 4.73. The van der Waals surface area contributed by atoms with Crippen molar-refractivity contribution in [3.8, 4) is 0 Å². The highest BCUT2D eigenvalue weighted by Crippen LogP contribution is 2.09. The third-order valence-electron chi connectivity index (χ3n) is 3.44. The van der Waals surface area contributed by atoms with Gasteiger partial charge in [-0.05, 0) is 36.9 Å². The Bertz CT molecular complexity index is 331. The van der Waals surface area contributed by atoms with Gasteiger partial charge in [-0.1, -0.05) is 31.2 Å². The van der Waals surface area contributed by atoms with Crippen LogP contribution in [0.2, 0.25) is 0 Å². The summed E-state index contributed by atoms with van der Waals surface area (Å²) in [7, 11) is 0. The molecule has 0 atom stereocenters. The number of benzene rings is 1. The number of ether oxygens (including phenoxy) is 1. The number of hydrogen-bond donors (Lipinski definition) is 0. The summed E-state index contributed by atoms with van der Waals surface area (Å²) in [6.45, 7) is 7.45. The summed E-state index contributed by atoms with van der Waals surface area (Å²) in [6, 6.07) is 8.99.